The Morgan fingerprint density at radius 1 is 0.650 bits per heavy atom. The van der Waals surface area contributed by atoms with E-state index in [-0.39, 0.29) is 0 Å². The molecule has 0 saturated carbocycles. The first-order valence-corrected chi connectivity index (χ1v) is 13.0. The molecule has 0 radical (unpaired) electrons. The van der Waals surface area contributed by atoms with E-state index in [1.54, 1.807) is 0 Å². The molecule has 20 heavy (non-hydrogen) atoms. The molecule has 0 saturated heterocycles. The van der Waals surface area contributed by atoms with Crippen LogP contribution in [0.15, 0.2) is 24.5 Å². The quantitative estimate of drug-likeness (QED) is 0.225. The van der Waals surface area contributed by atoms with Crippen molar-refractivity contribution in [3.63, 3.8) is 0 Å². The third-order valence-electron chi connectivity index (χ3n) is 3.54. The lowest BCUT2D eigenvalue weighted by molar-refractivity contribution is 0.539. The predicted octanol–water partition coefficient (Wildman–Crippen LogP) is 6.65. The van der Waals surface area contributed by atoms with Crippen LogP contribution in [0, 0.1) is 0 Å². The third kappa shape index (κ3) is 11.1. The van der Waals surface area contributed by atoms with Crippen LogP contribution in [-0.2, 0) is 6.54 Å². The Balaban J connectivity index is 1.77. The molecule has 5 heteroatoms. The molecule has 0 unspecified atom stereocenters. The molecule has 1 nitrogen and oxygen atoms in total. The maximum Gasteiger partial charge on any atom is 0.341 e. The topological polar surface area (TPSA) is 4.93 Å². The number of hydrogen-bond donors (Lipinski definition) is 0. The highest BCUT2D eigenvalue weighted by molar-refractivity contribution is 7.64. The van der Waals surface area contributed by atoms with Gasteiger partial charge in [0, 0.05) is 18.9 Å². The summed E-state index contributed by atoms with van der Waals surface area (Å²) < 4.78 is 2.26. The van der Waals surface area contributed by atoms with Crippen LogP contribution in [0.3, 0.4) is 0 Å². The average Bonchev–Trinajstić information content (AvgIpc) is 2.87. The Morgan fingerprint density at radius 2 is 1.10 bits per heavy atom. The summed E-state index contributed by atoms with van der Waals surface area (Å²) in [6, 6.07) is 2.64. The van der Waals surface area contributed by atoms with Gasteiger partial charge >= 0.3 is 6.00 Å². The molecule has 116 valence electrons. The van der Waals surface area contributed by atoms with Gasteiger partial charge in [0.25, 0.3) is 0 Å². The lowest BCUT2D eigenvalue weighted by Crippen LogP contribution is -2.07. The van der Waals surface area contributed by atoms with Crippen LogP contribution in [0.2, 0.25) is 6.04 Å². The maximum atomic E-state index is 5.85. The average molecular weight is 355 g/mol. The summed E-state index contributed by atoms with van der Waals surface area (Å²) in [6.45, 7) is 1.16. The zero-order valence-corrected chi connectivity index (χ0v) is 15.4. The van der Waals surface area contributed by atoms with Crippen molar-refractivity contribution in [2.75, 3.05) is 0 Å². The van der Waals surface area contributed by atoms with E-state index in [1.807, 2.05) is 0 Å². The van der Waals surface area contributed by atoms with Gasteiger partial charge < -0.3 is 4.57 Å². The Morgan fingerprint density at radius 3 is 1.60 bits per heavy atom. The zero-order valence-electron chi connectivity index (χ0n) is 12.2. The van der Waals surface area contributed by atoms with Crippen molar-refractivity contribution in [3.05, 3.63) is 24.5 Å². The molecule has 0 atom stereocenters. The van der Waals surface area contributed by atoms with Crippen molar-refractivity contribution < 1.29 is 0 Å². The molecule has 0 N–H and O–H groups in total. The number of hydrogen-bond acceptors (Lipinski definition) is 0. The van der Waals surface area contributed by atoms with Gasteiger partial charge in [-0.2, -0.15) is 0 Å². The van der Waals surface area contributed by atoms with Crippen LogP contribution in [-0.4, -0.2) is 10.6 Å². The summed E-state index contributed by atoms with van der Waals surface area (Å²) in [5.41, 5.74) is 0. The van der Waals surface area contributed by atoms with E-state index < -0.39 is 6.00 Å². The minimum Gasteiger partial charge on any atom is -0.354 e. The van der Waals surface area contributed by atoms with Gasteiger partial charge in [-0.3, -0.25) is 0 Å². The summed E-state index contributed by atoms with van der Waals surface area (Å²) in [5, 5.41) is 0. The number of unbranched alkanes of at least 4 members (excludes halogenated alkanes) is 8. The molecule has 1 rings (SSSR count). The van der Waals surface area contributed by atoms with Crippen LogP contribution in [0.1, 0.15) is 57.8 Å². The third-order valence-corrected chi connectivity index (χ3v) is 6.16. The second kappa shape index (κ2) is 11.0. The van der Waals surface area contributed by atoms with Crippen molar-refractivity contribution >= 4 is 39.2 Å². The molecular weight excluding hydrogens is 329 g/mol. The number of rotatable bonds is 12. The van der Waals surface area contributed by atoms with Gasteiger partial charge in [0.1, 0.15) is 0 Å². The van der Waals surface area contributed by atoms with E-state index in [2.05, 4.69) is 29.1 Å². The summed E-state index contributed by atoms with van der Waals surface area (Å²) in [6.07, 6.45) is 15.9. The molecule has 0 amide bonds. The molecule has 0 aliphatic rings. The van der Waals surface area contributed by atoms with Crippen molar-refractivity contribution in [3.8, 4) is 0 Å². The van der Waals surface area contributed by atoms with E-state index in [9.17, 15) is 0 Å². The molecule has 0 aliphatic heterocycles. The van der Waals surface area contributed by atoms with E-state index >= 15 is 0 Å². The smallest absolute Gasteiger partial charge is 0.341 e. The Labute approximate surface area is 138 Å². The highest BCUT2D eigenvalue weighted by Crippen LogP contribution is 2.27. The van der Waals surface area contributed by atoms with Crippen LogP contribution >= 0.6 is 33.2 Å². The molecule has 0 aliphatic carbocycles. The highest BCUT2D eigenvalue weighted by atomic mass is 35.8. The van der Waals surface area contributed by atoms with Crippen LogP contribution in [0.4, 0.5) is 0 Å². The lowest BCUT2D eigenvalue weighted by Gasteiger charge is -2.07. The van der Waals surface area contributed by atoms with Gasteiger partial charge in [0.05, 0.1) is 0 Å². The first kappa shape index (κ1) is 18.4. The van der Waals surface area contributed by atoms with Crippen molar-refractivity contribution in [2.24, 2.45) is 0 Å². The fourth-order valence-corrected chi connectivity index (χ4v) is 4.23. The predicted molar refractivity (Wildman–Crippen MR) is 94.1 cm³/mol. The standard InChI is InChI=1S/C15H26Cl3NSi/c16-20(17,18)15-11-7-5-3-1-2-4-6-8-12-19-13-9-10-14-19/h9-10,13-14H,1-8,11-12,15H2. The molecule has 1 aromatic heterocycles. The van der Waals surface area contributed by atoms with Gasteiger partial charge in [0.15, 0.2) is 0 Å². The minimum atomic E-state index is -2.36. The Hall–Kier alpha value is 0.367. The molecule has 1 heterocycles. The van der Waals surface area contributed by atoms with Crippen molar-refractivity contribution in [1.29, 1.82) is 0 Å². The molecular formula is C15H26Cl3NSi. The highest BCUT2D eigenvalue weighted by Gasteiger charge is 2.23. The van der Waals surface area contributed by atoms with E-state index in [1.165, 1.54) is 51.4 Å². The summed E-state index contributed by atoms with van der Waals surface area (Å²) in [5.74, 6) is 0. The fourth-order valence-electron chi connectivity index (χ4n) is 2.38. The number of nitrogens with zero attached hydrogens (tertiary/aromatic N) is 1. The van der Waals surface area contributed by atoms with Crippen LogP contribution < -0.4 is 0 Å². The molecule has 0 spiro atoms. The SMILES string of the molecule is Cl[Si](Cl)(Cl)CCCCCCCCCCCn1cccc1. The lowest BCUT2D eigenvalue weighted by atomic mass is 10.1. The molecule has 1 aromatic rings. The maximum absolute atomic E-state index is 5.85. The van der Waals surface area contributed by atoms with Crippen LogP contribution in [0.5, 0.6) is 0 Å². The fraction of sp³-hybridized carbons (Fsp3) is 0.733. The van der Waals surface area contributed by atoms with E-state index in [0.717, 1.165) is 19.0 Å². The molecule has 0 fully saturated rings. The second-order valence-electron chi connectivity index (χ2n) is 5.47. The largest absolute Gasteiger partial charge is 0.354 e. The van der Waals surface area contributed by atoms with Gasteiger partial charge in [-0.1, -0.05) is 51.4 Å². The monoisotopic (exact) mass is 353 g/mol. The zero-order chi connectivity index (χ0) is 14.7. The summed E-state index contributed by atoms with van der Waals surface area (Å²) >= 11 is 17.5. The van der Waals surface area contributed by atoms with E-state index in [4.69, 9.17) is 33.2 Å². The number of aromatic nitrogens is 1. The molecule has 0 bridgehead atoms. The first-order valence-electron chi connectivity index (χ1n) is 7.75. The van der Waals surface area contributed by atoms with Gasteiger partial charge in [-0.25, -0.2) is 0 Å². The summed E-state index contributed by atoms with van der Waals surface area (Å²) in [4.78, 5) is 0. The van der Waals surface area contributed by atoms with Gasteiger partial charge in [-0.05, 0) is 24.6 Å². The number of aryl methyl sites for hydroxylation is 1. The Kier molecular flexibility index (Phi) is 10.1. The Bertz CT molecular complexity index is 322. The van der Waals surface area contributed by atoms with Crippen LogP contribution in [0.25, 0.3) is 0 Å². The van der Waals surface area contributed by atoms with E-state index in [0.29, 0.717) is 0 Å². The molecule has 0 aromatic carbocycles. The second-order valence-corrected chi connectivity index (χ2v) is 14.7. The van der Waals surface area contributed by atoms with Crippen molar-refractivity contribution in [2.45, 2.75) is 70.4 Å². The summed E-state index contributed by atoms with van der Waals surface area (Å²) in [7, 11) is 0. The van der Waals surface area contributed by atoms with Gasteiger partial charge in [0.2, 0.25) is 0 Å². The number of halogens is 3. The normalized spacial score (nSPS) is 11.9. The first-order chi connectivity index (χ1) is 9.58. The van der Waals surface area contributed by atoms with Gasteiger partial charge in [-0.15, -0.1) is 33.2 Å². The van der Waals surface area contributed by atoms with Crippen molar-refractivity contribution in [1.82, 2.24) is 4.57 Å². The minimum absolute atomic E-state index is 0.817.